The molecule has 0 saturated carbocycles. The minimum Gasteiger partial charge on any atom is -0.465 e. The monoisotopic (exact) mass is 233 g/mol. The molecule has 0 aromatic rings. The van der Waals surface area contributed by atoms with Gasteiger partial charge in [0, 0.05) is 6.42 Å². The van der Waals surface area contributed by atoms with Gasteiger partial charge in [-0.3, -0.25) is 4.79 Å². The molecule has 0 heterocycles. The maximum atomic E-state index is 12.6. The molecule has 0 rings (SSSR count). The van der Waals surface area contributed by atoms with Gasteiger partial charge in [0.15, 0.2) is 6.17 Å². The minimum absolute atomic E-state index is 0.0563. The van der Waals surface area contributed by atoms with Crippen LogP contribution in [0.25, 0.3) is 0 Å². The topological polar surface area (TPSA) is 52.3 Å². The van der Waals surface area contributed by atoms with Crippen LogP contribution in [0.1, 0.15) is 13.3 Å². The van der Waals surface area contributed by atoms with Crippen molar-refractivity contribution in [3.63, 3.8) is 0 Å². The number of esters is 1. The van der Waals surface area contributed by atoms with Crippen molar-refractivity contribution in [1.82, 2.24) is 0 Å². The van der Waals surface area contributed by atoms with Crippen LogP contribution in [0, 0.1) is 0 Å². The van der Waals surface area contributed by atoms with Gasteiger partial charge in [-0.1, -0.05) is 0 Å². The van der Waals surface area contributed by atoms with E-state index in [0.717, 1.165) is 0 Å². The lowest BCUT2D eigenvalue weighted by atomic mass is 10.1. The number of hydrogen-bond donors (Lipinski definition) is 1. The molecule has 0 aliphatic carbocycles. The van der Waals surface area contributed by atoms with Crippen molar-refractivity contribution in [3.05, 3.63) is 0 Å². The lowest BCUT2D eigenvalue weighted by Gasteiger charge is -2.16. The van der Waals surface area contributed by atoms with Crippen LogP contribution in [-0.4, -0.2) is 30.2 Å². The zero-order valence-electron chi connectivity index (χ0n) is 7.47. The summed E-state index contributed by atoms with van der Waals surface area (Å²) in [5, 5.41) is -4.01. The molecule has 0 aromatic heterocycles. The Kier molecular flexibility index (Phi) is 5.22. The summed E-state index contributed by atoms with van der Waals surface area (Å²) in [6.07, 6.45) is -3.53. The van der Waals surface area contributed by atoms with Crippen molar-refractivity contribution in [2.45, 2.75) is 30.9 Å². The lowest BCUT2D eigenvalue weighted by Crippen LogP contribution is -2.38. The Balaban J connectivity index is 4.06. The normalized spacial score (nSPS) is 16.1. The van der Waals surface area contributed by atoms with Gasteiger partial charge in [0.1, 0.15) is 6.04 Å². The SMILES string of the molecule is CCOC(=O)C(N)CC(F)C(F)(F)Cl. The molecule has 0 spiro atoms. The zero-order chi connectivity index (χ0) is 11.4. The Morgan fingerprint density at radius 2 is 2.14 bits per heavy atom. The minimum atomic E-state index is -4.01. The van der Waals surface area contributed by atoms with Crippen LogP contribution in [-0.2, 0) is 9.53 Å². The van der Waals surface area contributed by atoms with Gasteiger partial charge >= 0.3 is 11.4 Å². The molecule has 0 aliphatic heterocycles. The highest BCUT2D eigenvalue weighted by Gasteiger charge is 2.39. The molecule has 0 fully saturated rings. The summed E-state index contributed by atoms with van der Waals surface area (Å²) in [6.45, 7) is 1.58. The summed E-state index contributed by atoms with van der Waals surface area (Å²) in [4.78, 5) is 10.8. The van der Waals surface area contributed by atoms with E-state index < -0.39 is 30.0 Å². The van der Waals surface area contributed by atoms with Gasteiger partial charge in [0.05, 0.1) is 6.61 Å². The van der Waals surface area contributed by atoms with Crippen LogP contribution < -0.4 is 5.73 Å². The third kappa shape index (κ3) is 4.66. The van der Waals surface area contributed by atoms with Gasteiger partial charge in [0.25, 0.3) is 0 Å². The van der Waals surface area contributed by atoms with Crippen LogP contribution >= 0.6 is 11.6 Å². The van der Waals surface area contributed by atoms with E-state index in [1.165, 1.54) is 6.92 Å². The van der Waals surface area contributed by atoms with Crippen molar-refractivity contribution in [3.8, 4) is 0 Å². The van der Waals surface area contributed by atoms with Crippen molar-refractivity contribution < 1.29 is 22.7 Å². The Bertz CT molecular complexity index is 198. The first-order valence-electron chi connectivity index (χ1n) is 3.92. The molecule has 7 heteroatoms. The zero-order valence-corrected chi connectivity index (χ0v) is 8.23. The average molecular weight is 234 g/mol. The number of nitrogens with two attached hydrogens (primary N) is 1. The molecule has 2 unspecified atom stereocenters. The number of rotatable bonds is 5. The fourth-order valence-electron chi connectivity index (χ4n) is 0.702. The van der Waals surface area contributed by atoms with E-state index in [9.17, 15) is 18.0 Å². The Hall–Kier alpha value is -0.490. The van der Waals surface area contributed by atoms with Gasteiger partial charge in [-0.25, -0.2) is 4.39 Å². The number of ether oxygens (including phenoxy) is 1. The van der Waals surface area contributed by atoms with Crippen LogP contribution in [0.2, 0.25) is 0 Å². The third-order valence-electron chi connectivity index (χ3n) is 1.41. The maximum absolute atomic E-state index is 12.6. The molecule has 0 aliphatic rings. The largest absolute Gasteiger partial charge is 0.465 e. The second kappa shape index (κ2) is 5.41. The van der Waals surface area contributed by atoms with E-state index in [2.05, 4.69) is 16.3 Å². The van der Waals surface area contributed by atoms with Gasteiger partial charge < -0.3 is 10.5 Å². The second-order valence-corrected chi connectivity index (χ2v) is 3.11. The summed E-state index contributed by atoms with van der Waals surface area (Å²) >= 11 is 4.39. The quantitative estimate of drug-likeness (QED) is 0.577. The standard InChI is InChI=1S/C7H11ClF3NO2/c1-2-14-6(13)4(12)3-5(9)7(8,10)11/h4-5H,2-3,12H2,1H3. The van der Waals surface area contributed by atoms with E-state index in [1.807, 2.05) is 0 Å². The van der Waals surface area contributed by atoms with Crippen LogP contribution in [0.3, 0.4) is 0 Å². The third-order valence-corrected chi connectivity index (χ3v) is 1.64. The first kappa shape index (κ1) is 13.5. The fraction of sp³-hybridized carbons (Fsp3) is 0.857. The molecule has 3 nitrogen and oxygen atoms in total. The molecule has 0 bridgehead atoms. The van der Waals surface area contributed by atoms with Crippen molar-refractivity contribution in [2.24, 2.45) is 5.73 Å². The molecule has 14 heavy (non-hydrogen) atoms. The predicted octanol–water partition coefficient (Wildman–Crippen LogP) is 1.44. The van der Waals surface area contributed by atoms with Crippen LogP contribution in [0.15, 0.2) is 0 Å². The van der Waals surface area contributed by atoms with Crippen molar-refractivity contribution >= 4 is 17.6 Å². The lowest BCUT2D eigenvalue weighted by molar-refractivity contribution is -0.145. The van der Waals surface area contributed by atoms with E-state index in [0.29, 0.717) is 0 Å². The predicted molar refractivity (Wildman–Crippen MR) is 44.9 cm³/mol. The smallest absolute Gasteiger partial charge is 0.352 e. The molecule has 2 atom stereocenters. The number of carbonyl (C=O) groups excluding carboxylic acids is 1. The molecule has 0 radical (unpaired) electrons. The van der Waals surface area contributed by atoms with E-state index in [1.54, 1.807) is 0 Å². The van der Waals surface area contributed by atoms with Gasteiger partial charge in [-0.05, 0) is 18.5 Å². The van der Waals surface area contributed by atoms with E-state index in [4.69, 9.17) is 5.73 Å². The van der Waals surface area contributed by atoms with Crippen LogP contribution in [0.5, 0.6) is 0 Å². The highest BCUT2D eigenvalue weighted by atomic mass is 35.5. The maximum Gasteiger partial charge on any atom is 0.352 e. The highest BCUT2D eigenvalue weighted by molar-refractivity contribution is 6.22. The molecule has 0 saturated heterocycles. The molecule has 2 N–H and O–H groups in total. The summed E-state index contributed by atoms with van der Waals surface area (Å²) < 4.78 is 41.2. The second-order valence-electron chi connectivity index (χ2n) is 2.60. The fourth-order valence-corrected chi connectivity index (χ4v) is 0.791. The van der Waals surface area contributed by atoms with E-state index in [-0.39, 0.29) is 6.61 Å². The van der Waals surface area contributed by atoms with Gasteiger partial charge in [-0.2, -0.15) is 8.78 Å². The highest BCUT2D eigenvalue weighted by Crippen LogP contribution is 2.28. The Labute approximate surface area is 84.3 Å². The Morgan fingerprint density at radius 1 is 1.64 bits per heavy atom. The average Bonchev–Trinajstić information content (AvgIpc) is 2.02. The summed E-state index contributed by atoms with van der Waals surface area (Å²) in [6, 6.07) is -1.42. The number of hydrogen-bond acceptors (Lipinski definition) is 3. The summed E-state index contributed by atoms with van der Waals surface area (Å²) in [7, 11) is 0. The van der Waals surface area contributed by atoms with Crippen LogP contribution in [0.4, 0.5) is 13.2 Å². The number of halogens is 4. The van der Waals surface area contributed by atoms with Crippen molar-refractivity contribution in [1.29, 1.82) is 0 Å². The van der Waals surface area contributed by atoms with Gasteiger partial charge in [-0.15, -0.1) is 0 Å². The molecule has 0 amide bonds. The summed E-state index contributed by atoms with van der Waals surface area (Å²) in [5.41, 5.74) is 5.09. The summed E-state index contributed by atoms with van der Waals surface area (Å²) in [5.74, 6) is -0.920. The molecule has 84 valence electrons. The van der Waals surface area contributed by atoms with E-state index >= 15 is 0 Å². The number of carbonyl (C=O) groups is 1. The van der Waals surface area contributed by atoms with Gasteiger partial charge in [0.2, 0.25) is 0 Å². The Morgan fingerprint density at radius 3 is 2.50 bits per heavy atom. The molecular formula is C7H11ClF3NO2. The molecule has 0 aromatic carbocycles. The molecular weight excluding hydrogens is 223 g/mol. The first-order valence-corrected chi connectivity index (χ1v) is 4.29. The number of alkyl halides is 4. The van der Waals surface area contributed by atoms with Crippen molar-refractivity contribution in [2.75, 3.05) is 6.61 Å². The first-order chi connectivity index (χ1) is 6.29.